The SMILES string of the molecule is [2H]c1c(CS(=O)(=O)NC([2H])([2H])[2H])c([2H])c2c(C([2H])([2H])CN(C([2H])([2H])[2H])C([2H])([2H])[2H])c[nH]c2c1[2H]. The molecule has 0 saturated carbocycles. The average molecular weight is 309 g/mol. The van der Waals surface area contributed by atoms with Crippen LogP contribution in [0, 0.1) is 0 Å². The maximum Gasteiger partial charge on any atom is 0.215 e. The molecule has 0 bridgehead atoms. The number of aromatic nitrogens is 1. The van der Waals surface area contributed by atoms with Gasteiger partial charge in [0.1, 0.15) is 0 Å². The number of rotatable bonds is 6. The molecule has 0 saturated heterocycles. The van der Waals surface area contributed by atoms with Gasteiger partial charge in [0, 0.05) is 38.7 Å². The number of fused-ring (bicyclic) bond motifs is 1. The fourth-order valence-electron chi connectivity index (χ4n) is 1.57. The molecule has 0 aliphatic carbocycles. The summed E-state index contributed by atoms with van der Waals surface area (Å²) in [6, 6.07) is -2.04. The molecular formula is C14H21N3O2S. The van der Waals surface area contributed by atoms with E-state index in [2.05, 4.69) is 4.98 Å². The maximum atomic E-state index is 12.2. The van der Waals surface area contributed by atoms with Crippen LogP contribution >= 0.6 is 0 Å². The molecule has 2 rings (SSSR count). The van der Waals surface area contributed by atoms with Crippen LogP contribution in [0.2, 0.25) is 0 Å². The zero-order chi connectivity index (χ0) is 26.7. The van der Waals surface area contributed by atoms with E-state index in [9.17, 15) is 8.42 Å². The zero-order valence-electron chi connectivity index (χ0n) is 24.2. The number of nitrogens with one attached hydrogen (secondary N) is 2. The molecule has 5 nitrogen and oxygen atoms in total. The molecule has 2 aromatic rings. The lowest BCUT2D eigenvalue weighted by Gasteiger charge is -2.08. The number of hydrogen-bond acceptors (Lipinski definition) is 3. The highest BCUT2D eigenvalue weighted by molar-refractivity contribution is 7.88. The van der Waals surface area contributed by atoms with Gasteiger partial charge in [-0.25, -0.2) is 13.1 Å². The van der Waals surface area contributed by atoms with E-state index in [1.165, 1.54) is 4.72 Å². The van der Waals surface area contributed by atoms with E-state index in [0.717, 1.165) is 6.20 Å². The van der Waals surface area contributed by atoms with Crippen molar-refractivity contribution in [3.63, 3.8) is 0 Å². The van der Waals surface area contributed by atoms with Crippen molar-refractivity contribution < 1.29 is 27.6 Å². The molecule has 0 aliphatic rings. The monoisotopic (exact) mass is 309 g/mol. The Balaban J connectivity index is 2.69. The van der Waals surface area contributed by atoms with Crippen molar-refractivity contribution in [2.75, 3.05) is 27.5 Å². The number of nitrogens with zero attached hydrogens (tertiary/aromatic N) is 1. The molecule has 1 aromatic carbocycles. The first-order valence-electron chi connectivity index (χ1n) is 12.4. The van der Waals surface area contributed by atoms with E-state index in [-0.39, 0.29) is 15.8 Å². The van der Waals surface area contributed by atoms with Crippen molar-refractivity contribution in [2.24, 2.45) is 0 Å². The predicted molar refractivity (Wildman–Crippen MR) is 82.2 cm³/mol. The lowest BCUT2D eigenvalue weighted by Crippen LogP contribution is -2.20. The molecule has 0 atom stereocenters. The van der Waals surface area contributed by atoms with E-state index < -0.39 is 78.9 Å². The number of hydrogen-bond donors (Lipinski definition) is 2. The molecule has 0 radical (unpaired) electrons. The number of H-pyrrole nitrogens is 1. The van der Waals surface area contributed by atoms with Gasteiger partial charge < -0.3 is 9.88 Å². The summed E-state index contributed by atoms with van der Waals surface area (Å²) >= 11 is 0. The first-order chi connectivity index (χ1) is 15.0. The average Bonchev–Trinajstić information content (AvgIpc) is 3.04. The second-order valence-electron chi connectivity index (χ2n) is 3.93. The predicted octanol–water partition coefficient (Wildman–Crippen LogP) is 1.32. The molecule has 6 heteroatoms. The standard InChI is InChI=1S/C14H21N3O2S/c1-15-20(18,19)10-11-4-5-14-13(8-11)12(9-16-14)6-7-17(2)3/h4-5,8-9,15-16H,6-7,10H2,1-3H3/i1D3,2D3,3D3,4D,5D,6D2,8D. The normalized spacial score (nSPS) is 25.2. The summed E-state index contributed by atoms with van der Waals surface area (Å²) in [5, 5.41) is -0.360. The van der Waals surface area contributed by atoms with Crippen LogP contribution in [0.4, 0.5) is 0 Å². The molecule has 0 amide bonds. The quantitative estimate of drug-likeness (QED) is 0.846. The highest BCUT2D eigenvalue weighted by atomic mass is 32.2. The molecular weight excluding hydrogens is 274 g/mol. The van der Waals surface area contributed by atoms with Crippen LogP contribution < -0.4 is 4.72 Å². The zero-order valence-corrected chi connectivity index (χ0v) is 11.0. The van der Waals surface area contributed by atoms with E-state index in [1.54, 1.807) is 0 Å². The molecule has 0 fully saturated rings. The van der Waals surface area contributed by atoms with Gasteiger partial charge >= 0.3 is 0 Å². The van der Waals surface area contributed by atoms with Crippen molar-refractivity contribution in [3.05, 3.63) is 35.5 Å². The Morgan fingerprint density at radius 2 is 2.35 bits per heavy atom. The third-order valence-corrected chi connectivity index (χ3v) is 3.39. The third-order valence-electron chi connectivity index (χ3n) is 2.41. The second-order valence-corrected chi connectivity index (χ2v) is 5.65. The van der Waals surface area contributed by atoms with Crippen molar-refractivity contribution in [2.45, 2.75) is 12.1 Å². The number of likely N-dealkylation sites (N-methyl/N-ethyl adjacent to an activating group) is 1. The van der Waals surface area contributed by atoms with Gasteiger partial charge in [-0.05, 0) is 50.5 Å². The van der Waals surface area contributed by atoms with Gasteiger partial charge in [0.25, 0.3) is 0 Å². The number of aromatic amines is 1. The minimum atomic E-state index is -4.61. The van der Waals surface area contributed by atoms with Gasteiger partial charge in [-0.15, -0.1) is 0 Å². The highest BCUT2D eigenvalue weighted by Gasteiger charge is 2.11. The Bertz CT molecular complexity index is 1170. The molecule has 0 unspecified atom stereocenters. The van der Waals surface area contributed by atoms with E-state index in [4.69, 9.17) is 19.2 Å². The molecule has 110 valence electrons. The highest BCUT2D eigenvalue weighted by Crippen LogP contribution is 2.21. The third kappa shape index (κ3) is 3.59. The Morgan fingerprint density at radius 1 is 1.50 bits per heavy atom. The smallest absolute Gasteiger partial charge is 0.215 e. The molecule has 20 heavy (non-hydrogen) atoms. The van der Waals surface area contributed by atoms with E-state index >= 15 is 0 Å². The summed E-state index contributed by atoms with van der Waals surface area (Å²) in [6.45, 7) is -10.7. The van der Waals surface area contributed by atoms with E-state index in [1.807, 2.05) is 0 Å². The fraction of sp³-hybridized carbons (Fsp3) is 0.429. The Kier molecular flexibility index (Phi) is 1.52. The van der Waals surface area contributed by atoms with Gasteiger partial charge in [0.15, 0.2) is 0 Å². The first-order valence-corrected chi connectivity index (χ1v) is 7.03. The van der Waals surface area contributed by atoms with Crippen LogP contribution in [0.25, 0.3) is 10.9 Å². The van der Waals surface area contributed by atoms with E-state index in [0.29, 0.717) is 0 Å². The summed E-state index contributed by atoms with van der Waals surface area (Å²) in [5.74, 6) is -1.17. The Morgan fingerprint density at radius 3 is 3.10 bits per heavy atom. The van der Waals surface area contributed by atoms with Gasteiger partial charge in [-0.3, -0.25) is 0 Å². The maximum absolute atomic E-state index is 12.2. The Hall–Kier alpha value is -1.37. The summed E-state index contributed by atoms with van der Waals surface area (Å²) in [7, 11) is -4.61. The molecule has 1 heterocycles. The van der Waals surface area contributed by atoms with Crippen molar-refractivity contribution in [1.82, 2.24) is 14.6 Å². The largest absolute Gasteiger partial charge is 0.361 e. The topological polar surface area (TPSA) is 65.2 Å². The van der Waals surface area contributed by atoms with Crippen molar-refractivity contribution >= 4 is 20.9 Å². The lowest BCUT2D eigenvalue weighted by atomic mass is 10.1. The second kappa shape index (κ2) is 5.95. The first kappa shape index (κ1) is 5.12. The van der Waals surface area contributed by atoms with Gasteiger partial charge in [0.2, 0.25) is 10.0 Å². The van der Waals surface area contributed by atoms with Gasteiger partial charge in [0.05, 0.1) is 9.87 Å². The lowest BCUT2D eigenvalue weighted by molar-refractivity contribution is 0.414. The van der Waals surface area contributed by atoms with Crippen LogP contribution in [0.3, 0.4) is 0 Å². The number of benzene rings is 1. The number of sulfonamides is 1. The van der Waals surface area contributed by atoms with Crippen LogP contribution in [-0.4, -0.2) is 45.8 Å². The van der Waals surface area contributed by atoms with Crippen molar-refractivity contribution in [3.8, 4) is 0 Å². The summed E-state index contributed by atoms with van der Waals surface area (Å²) in [5.41, 5.74) is -1.25. The Labute approximate surface area is 139 Å². The summed E-state index contributed by atoms with van der Waals surface area (Å²) in [6.07, 6.45) is -1.74. The van der Waals surface area contributed by atoms with Crippen molar-refractivity contribution in [1.29, 1.82) is 0 Å². The van der Waals surface area contributed by atoms with Crippen LogP contribution in [0.5, 0.6) is 0 Å². The summed E-state index contributed by atoms with van der Waals surface area (Å²) < 4.78 is 133. The summed E-state index contributed by atoms with van der Waals surface area (Å²) in [4.78, 5) is 2.48. The minimum Gasteiger partial charge on any atom is -0.361 e. The minimum absolute atomic E-state index is 0.0193. The molecule has 0 aliphatic heterocycles. The molecule has 0 spiro atoms. The molecule has 2 N–H and O–H groups in total. The van der Waals surface area contributed by atoms with Crippen LogP contribution in [0.1, 0.15) is 30.3 Å². The van der Waals surface area contributed by atoms with Gasteiger partial charge in [-0.2, -0.15) is 0 Å². The fourth-order valence-corrected chi connectivity index (χ4v) is 2.17. The van der Waals surface area contributed by atoms with Gasteiger partial charge in [-0.1, -0.05) is 6.04 Å². The van der Waals surface area contributed by atoms with Crippen LogP contribution in [0.15, 0.2) is 24.3 Å². The molecule has 1 aromatic heterocycles. The van der Waals surface area contributed by atoms with Crippen LogP contribution in [-0.2, 0) is 22.1 Å².